The van der Waals surface area contributed by atoms with Crippen molar-refractivity contribution in [2.45, 2.75) is 12.3 Å². The molecule has 7 heavy (non-hydrogen) atoms. The van der Waals surface area contributed by atoms with Gasteiger partial charge in [-0.05, 0) is 0 Å². The summed E-state index contributed by atoms with van der Waals surface area (Å²) in [4.78, 5) is 0. The molecule has 0 saturated carbocycles. The van der Waals surface area contributed by atoms with Gasteiger partial charge in [0, 0.05) is 0 Å². The molecule has 0 rings (SSSR count). The third-order valence-corrected chi connectivity index (χ3v) is 0.299. The quantitative estimate of drug-likeness (QED) is 0.522. The van der Waals surface area contributed by atoms with Gasteiger partial charge in [-0.15, -0.1) is 0 Å². The first-order chi connectivity index (χ1) is 2.94. The molecule has 0 aliphatic carbocycles. The van der Waals surface area contributed by atoms with E-state index in [2.05, 4.69) is 0 Å². The molecule has 0 spiro atoms. The molecule has 1 unspecified atom stereocenters. The lowest BCUT2D eigenvalue weighted by molar-refractivity contribution is -0.138. The summed E-state index contributed by atoms with van der Waals surface area (Å²) in [6.07, 6.45) is -3.37. The van der Waals surface area contributed by atoms with Crippen LogP contribution in [-0.4, -0.2) is 17.4 Å². The van der Waals surface area contributed by atoms with Gasteiger partial charge in [0.25, 0.3) is 6.36 Å². The fourth-order valence-electron chi connectivity index (χ4n) is 0. The van der Waals surface area contributed by atoms with E-state index in [9.17, 15) is 13.2 Å². The first-order valence-corrected chi connectivity index (χ1v) is 1.39. The van der Waals surface area contributed by atoms with Crippen molar-refractivity contribution in [3.05, 3.63) is 6.92 Å². The minimum absolute atomic E-state index is 3.37. The van der Waals surface area contributed by atoms with Crippen molar-refractivity contribution in [1.82, 2.24) is 0 Å². The van der Waals surface area contributed by atoms with Crippen LogP contribution < -0.4 is 0 Å². The van der Waals surface area contributed by atoms with Crippen LogP contribution in [0.15, 0.2) is 0 Å². The third kappa shape index (κ3) is 2.45. The van der Waals surface area contributed by atoms with Crippen molar-refractivity contribution in [2.24, 2.45) is 0 Å². The molecule has 0 fully saturated rings. The summed E-state index contributed by atoms with van der Waals surface area (Å²) >= 11 is 0. The molecule has 4 heteroatoms. The van der Waals surface area contributed by atoms with Crippen LogP contribution in [0.5, 0.6) is 0 Å². The Morgan fingerprint density at radius 2 is 1.71 bits per heavy atom. The zero-order chi connectivity index (χ0) is 6.08. The van der Waals surface area contributed by atoms with Gasteiger partial charge in [0.15, 0.2) is 0 Å². The minimum Gasteiger partial charge on any atom is -0.359 e. The Bertz CT molecular complexity index is 55.7. The number of hydrogen-bond donors (Lipinski definition) is 1. The second kappa shape index (κ2) is 1.69. The molecule has 0 aliphatic rings. The van der Waals surface area contributed by atoms with E-state index in [1.165, 1.54) is 0 Å². The van der Waals surface area contributed by atoms with Crippen LogP contribution in [0.2, 0.25) is 0 Å². The van der Waals surface area contributed by atoms with Gasteiger partial charge in [0.05, 0.1) is 6.92 Å². The number of halogens is 3. The van der Waals surface area contributed by atoms with Crippen molar-refractivity contribution in [2.75, 3.05) is 0 Å². The highest BCUT2D eigenvalue weighted by Crippen LogP contribution is 2.16. The van der Waals surface area contributed by atoms with Crippen LogP contribution in [0.1, 0.15) is 0 Å². The normalized spacial score (nSPS) is 16.7. The predicted molar refractivity (Wildman–Crippen MR) is 15.3 cm³/mol. The Balaban J connectivity index is 3.54. The zero-order valence-corrected chi connectivity index (χ0v) is 3.16. The predicted octanol–water partition coefficient (Wildman–Crippen LogP) is 0.498. The fourth-order valence-corrected chi connectivity index (χ4v) is 0. The molecule has 0 amide bonds. The number of alkyl halides is 3. The summed E-state index contributed by atoms with van der Waals surface area (Å²) in [6, 6.07) is 0. The van der Waals surface area contributed by atoms with Gasteiger partial charge in [-0.2, -0.15) is 8.78 Å². The summed E-state index contributed by atoms with van der Waals surface area (Å²) < 4.78 is 32.6. The minimum atomic E-state index is -4.36. The average molecular weight is 111 g/mol. The summed E-state index contributed by atoms with van der Waals surface area (Å²) in [6.45, 7) is 5.43. The van der Waals surface area contributed by atoms with Gasteiger partial charge < -0.3 is 5.11 Å². The molecule has 41 valence electrons. The smallest absolute Gasteiger partial charge is 0.310 e. The Morgan fingerprint density at radius 3 is 1.71 bits per heavy atom. The van der Waals surface area contributed by atoms with Crippen molar-refractivity contribution in [3.63, 3.8) is 0 Å². The Hall–Kier alpha value is -0.250. The highest BCUT2D eigenvalue weighted by atomic mass is 19.3. The molecule has 0 aromatic heterocycles. The van der Waals surface area contributed by atoms with Gasteiger partial charge in [-0.3, -0.25) is 0 Å². The third-order valence-electron chi connectivity index (χ3n) is 0.299. The number of aliphatic hydroxyl groups excluding tert-OH is 1. The van der Waals surface area contributed by atoms with E-state index in [4.69, 9.17) is 12.0 Å². The molecular formula is C3H2F3O. The number of hydrogen-bond acceptors (Lipinski definition) is 1. The van der Waals surface area contributed by atoms with Crippen LogP contribution in [0.3, 0.4) is 0 Å². The molecule has 0 aromatic carbocycles. The second-order valence-electron chi connectivity index (χ2n) is 0.959. The fraction of sp³-hybridized carbons (Fsp3) is 0.667. The lowest BCUT2D eigenvalue weighted by Gasteiger charge is -2.06. The van der Waals surface area contributed by atoms with Gasteiger partial charge >= 0.3 is 5.92 Å². The van der Waals surface area contributed by atoms with Gasteiger partial charge in [0.1, 0.15) is 0 Å². The maximum Gasteiger partial charge on any atom is 0.310 e. The maximum atomic E-state index is 10.9. The van der Waals surface area contributed by atoms with E-state index in [0.717, 1.165) is 0 Å². The zero-order valence-electron chi connectivity index (χ0n) is 3.16. The van der Waals surface area contributed by atoms with Crippen LogP contribution in [-0.2, 0) is 0 Å². The lowest BCUT2D eigenvalue weighted by Crippen LogP contribution is -2.25. The van der Waals surface area contributed by atoms with E-state index in [0.29, 0.717) is 0 Å². The van der Waals surface area contributed by atoms with Crippen molar-refractivity contribution in [3.8, 4) is 0 Å². The highest BCUT2D eigenvalue weighted by Gasteiger charge is 2.32. The first-order valence-electron chi connectivity index (χ1n) is 1.39. The SMILES string of the molecule is [C]C(F)(F)C(O)F. The van der Waals surface area contributed by atoms with E-state index >= 15 is 0 Å². The topological polar surface area (TPSA) is 20.2 Å². The van der Waals surface area contributed by atoms with Crippen molar-refractivity contribution < 1.29 is 18.3 Å². The molecule has 0 aliphatic heterocycles. The molecule has 1 nitrogen and oxygen atoms in total. The highest BCUT2D eigenvalue weighted by molar-refractivity contribution is 4.69. The number of aliphatic hydroxyl groups is 1. The van der Waals surface area contributed by atoms with Crippen molar-refractivity contribution in [1.29, 1.82) is 0 Å². The molecular weight excluding hydrogens is 109 g/mol. The lowest BCUT2D eigenvalue weighted by atomic mass is 10.4. The van der Waals surface area contributed by atoms with E-state index < -0.39 is 12.3 Å². The van der Waals surface area contributed by atoms with Crippen LogP contribution >= 0.6 is 0 Å². The molecule has 1 atom stereocenters. The summed E-state index contributed by atoms with van der Waals surface area (Å²) in [5.74, 6) is -4.36. The van der Waals surface area contributed by atoms with Gasteiger partial charge in [-0.1, -0.05) is 0 Å². The Labute approximate surface area is 38.8 Å². The van der Waals surface area contributed by atoms with Gasteiger partial charge in [-0.25, -0.2) is 4.39 Å². The molecule has 0 saturated heterocycles. The largest absolute Gasteiger partial charge is 0.359 e. The Kier molecular flexibility index (Phi) is 1.63. The molecule has 0 heterocycles. The molecule has 0 aromatic rings. The van der Waals surface area contributed by atoms with Crippen LogP contribution in [0, 0.1) is 6.92 Å². The standard InChI is InChI=1S/C3H2F3O/c1-3(5,6)2(4)7/h2,7H. The Morgan fingerprint density at radius 1 is 1.57 bits per heavy atom. The molecule has 3 radical (unpaired) electrons. The second-order valence-corrected chi connectivity index (χ2v) is 0.959. The van der Waals surface area contributed by atoms with Crippen LogP contribution in [0.4, 0.5) is 13.2 Å². The molecule has 0 bridgehead atoms. The van der Waals surface area contributed by atoms with Gasteiger partial charge in [0.2, 0.25) is 0 Å². The average Bonchev–Trinajstić information content (AvgIpc) is 1.31. The summed E-state index contributed by atoms with van der Waals surface area (Å²) in [5, 5.41) is 7.28. The van der Waals surface area contributed by atoms with Crippen LogP contribution in [0.25, 0.3) is 0 Å². The van der Waals surface area contributed by atoms with E-state index in [1.54, 1.807) is 0 Å². The first kappa shape index (κ1) is 6.75. The number of rotatable bonds is 1. The maximum absolute atomic E-state index is 10.9. The van der Waals surface area contributed by atoms with Crippen molar-refractivity contribution >= 4 is 0 Å². The monoisotopic (exact) mass is 111 g/mol. The summed E-state index contributed by atoms with van der Waals surface area (Å²) in [5.41, 5.74) is 0. The van der Waals surface area contributed by atoms with E-state index in [-0.39, 0.29) is 0 Å². The van der Waals surface area contributed by atoms with E-state index in [1.807, 2.05) is 0 Å². The summed E-state index contributed by atoms with van der Waals surface area (Å²) in [7, 11) is 0. The molecule has 1 N–H and O–H groups in total.